The van der Waals surface area contributed by atoms with E-state index in [4.69, 9.17) is 23.7 Å². The Morgan fingerprint density at radius 3 is 1.15 bits per heavy atom. The van der Waals surface area contributed by atoms with Crippen molar-refractivity contribution in [2.75, 3.05) is 49.8 Å². The monoisotopic (exact) mass is 1210 g/mol. The van der Waals surface area contributed by atoms with Crippen molar-refractivity contribution in [1.29, 1.82) is 0 Å². The Morgan fingerprint density at radius 1 is 0.440 bits per heavy atom. The van der Waals surface area contributed by atoms with Crippen molar-refractivity contribution in [3.63, 3.8) is 0 Å². The average Bonchev–Trinajstić information content (AvgIpc) is 3.46. The van der Waals surface area contributed by atoms with E-state index in [2.05, 4.69) is 40.4 Å². The number of ether oxygens (including phenoxy) is 7. The Bertz CT molecular complexity index is 3990. The molecular formula is C64H53BrF3N3O13. The molecule has 0 atom stereocenters. The summed E-state index contributed by atoms with van der Waals surface area (Å²) in [4.78, 5) is 72.5. The highest BCUT2D eigenvalue weighted by molar-refractivity contribution is 9.10. The molecule has 6 aromatic carbocycles. The number of fused-ring (bicyclic) bond motifs is 3. The van der Waals surface area contributed by atoms with E-state index in [-0.39, 0.29) is 45.6 Å². The van der Waals surface area contributed by atoms with E-state index in [1.54, 1.807) is 79.3 Å². The first kappa shape index (κ1) is 61.7. The zero-order valence-electron chi connectivity index (χ0n) is 46.3. The van der Waals surface area contributed by atoms with Gasteiger partial charge in [-0.1, -0.05) is 52.3 Å². The van der Waals surface area contributed by atoms with Crippen molar-refractivity contribution >= 4 is 90.6 Å². The minimum Gasteiger partial charge on any atom is -0.505 e. The summed E-state index contributed by atoms with van der Waals surface area (Å²) in [6.07, 6.45) is 12.1. The molecule has 16 nitrogen and oxygen atoms in total. The van der Waals surface area contributed by atoms with Gasteiger partial charge in [-0.2, -0.15) is 0 Å². The number of phenolic OH excluding ortho intramolecular Hbond substituents is 1. The van der Waals surface area contributed by atoms with Crippen LogP contribution in [0.5, 0.6) is 17.2 Å². The average molecular weight is 1210 g/mol. The number of aromatic nitrogens is 3. The van der Waals surface area contributed by atoms with E-state index in [9.17, 15) is 42.3 Å². The zero-order valence-corrected chi connectivity index (χ0v) is 47.8. The number of rotatable bonds is 15. The lowest BCUT2D eigenvalue weighted by Gasteiger charge is -2.13. The van der Waals surface area contributed by atoms with Gasteiger partial charge in [-0.3, -0.25) is 15.0 Å². The second kappa shape index (κ2) is 28.6. The van der Waals surface area contributed by atoms with E-state index in [0.717, 1.165) is 43.2 Å². The van der Waals surface area contributed by atoms with Crippen LogP contribution in [-0.2, 0) is 52.5 Å². The number of aromatic hydroxyl groups is 1. The van der Waals surface area contributed by atoms with Crippen molar-refractivity contribution in [3.8, 4) is 17.2 Å². The third kappa shape index (κ3) is 15.1. The lowest BCUT2D eigenvalue weighted by molar-refractivity contribution is -0.135. The molecule has 0 amide bonds. The maximum Gasteiger partial charge on any atom is 0.341 e. The molecule has 0 unspecified atom stereocenters. The summed E-state index contributed by atoms with van der Waals surface area (Å²) in [5.74, 6) is -3.44. The van der Waals surface area contributed by atoms with Crippen LogP contribution in [0.3, 0.4) is 0 Å². The van der Waals surface area contributed by atoms with Gasteiger partial charge >= 0.3 is 29.8 Å². The highest BCUT2D eigenvalue weighted by Gasteiger charge is 2.23. The Hall–Kier alpha value is -9.95. The van der Waals surface area contributed by atoms with Crippen molar-refractivity contribution in [2.24, 2.45) is 0 Å². The van der Waals surface area contributed by atoms with Crippen LogP contribution in [0, 0.1) is 17.5 Å². The maximum atomic E-state index is 13.2. The molecule has 3 heterocycles. The number of hydrogen-bond acceptors (Lipinski definition) is 16. The molecule has 0 radical (unpaired) electrons. The van der Waals surface area contributed by atoms with Gasteiger partial charge in [0.25, 0.3) is 0 Å². The molecular weight excluding hydrogens is 1160 g/mol. The number of methoxy groups -OCH3 is 7. The fourth-order valence-corrected chi connectivity index (χ4v) is 9.21. The summed E-state index contributed by atoms with van der Waals surface area (Å²) in [5, 5.41) is 12.5. The van der Waals surface area contributed by atoms with Gasteiger partial charge in [0.05, 0.1) is 49.8 Å². The van der Waals surface area contributed by atoms with E-state index < -0.39 is 29.8 Å². The van der Waals surface area contributed by atoms with Crippen molar-refractivity contribution < 1.29 is 75.4 Å². The Kier molecular flexibility index (Phi) is 21.0. The standard InChI is InChI=1S/C23H20FNO5.C22H18FNO5.C19H15BrFNO3/c1-28-20(26)9-6-16-12-19(23(27)30-3)22(29-2)21-18(16)11-15(13-25-21)10-14-4-7-17(24)8-5-14;1-28-19(25)8-5-15-11-18(22(27)29-2)21(26)20-17(15)10-14(12-24-20)9-13-3-6-16(23)7-4-13;1-24-18-15(19(23)25-2)9-16(20)14-8-12(10-22-17(14)18)7-11-3-5-13(21)6-4-11/h4-9,11-13H,10H2,1-3H3;3-8,10-12,26H,9H2,1-2H3;3-6,8-10H,7H2,1-2H3/b9-6+;8-5+;. The summed E-state index contributed by atoms with van der Waals surface area (Å²) in [6.45, 7) is 0. The van der Waals surface area contributed by atoms with Crippen LogP contribution in [0.4, 0.5) is 13.2 Å². The number of benzene rings is 6. The fraction of sp³-hybridized carbons (Fsp3) is 0.156. The van der Waals surface area contributed by atoms with E-state index in [0.29, 0.717) is 63.5 Å². The molecule has 20 heteroatoms. The summed E-state index contributed by atoms with van der Waals surface area (Å²) in [6, 6.07) is 29.0. The number of esters is 5. The SMILES string of the molecule is COC(=O)/C=C/c1cc(C(=O)OC)c(O)c2ncc(Cc3ccc(F)cc3)cc12.COC(=O)/C=C/c1cc(C(=O)OC)c(OC)c2ncc(Cc3ccc(F)cc3)cc12.COC(=O)c1cc(Br)c2cc(Cc3ccc(F)cc3)cnc2c1OC. The molecule has 0 aliphatic rings. The topological polar surface area (TPSA) is 209 Å². The van der Waals surface area contributed by atoms with Crippen LogP contribution in [0.15, 0.2) is 144 Å². The predicted molar refractivity (Wildman–Crippen MR) is 311 cm³/mol. The van der Waals surface area contributed by atoms with Crippen molar-refractivity contribution in [2.45, 2.75) is 19.3 Å². The molecule has 0 spiro atoms. The first-order chi connectivity index (χ1) is 40.4. The molecule has 0 saturated carbocycles. The molecule has 0 bridgehead atoms. The number of halogens is 4. The minimum atomic E-state index is -0.727. The van der Waals surface area contributed by atoms with Gasteiger partial charge in [-0.25, -0.2) is 37.1 Å². The molecule has 1 N–H and O–H groups in total. The van der Waals surface area contributed by atoms with Gasteiger partial charge in [-0.05, 0) is 149 Å². The van der Waals surface area contributed by atoms with Gasteiger partial charge in [0.15, 0.2) is 17.2 Å². The number of pyridine rings is 3. The third-order valence-electron chi connectivity index (χ3n) is 12.8. The first-order valence-electron chi connectivity index (χ1n) is 25.2. The normalized spacial score (nSPS) is 10.9. The van der Waals surface area contributed by atoms with Gasteiger partial charge in [-0.15, -0.1) is 0 Å². The van der Waals surface area contributed by atoms with Crippen LogP contribution in [0.2, 0.25) is 0 Å². The lowest BCUT2D eigenvalue weighted by Crippen LogP contribution is -2.06. The summed E-state index contributed by atoms with van der Waals surface area (Å²) in [7, 11) is 9.26. The Morgan fingerprint density at radius 2 is 0.774 bits per heavy atom. The van der Waals surface area contributed by atoms with E-state index in [1.807, 2.05) is 12.1 Å². The zero-order chi connectivity index (χ0) is 60.6. The van der Waals surface area contributed by atoms with Gasteiger partial charge in [0.1, 0.15) is 50.7 Å². The van der Waals surface area contributed by atoms with Crippen LogP contribution >= 0.6 is 15.9 Å². The molecule has 84 heavy (non-hydrogen) atoms. The van der Waals surface area contributed by atoms with Crippen LogP contribution in [-0.4, -0.2) is 99.7 Å². The third-order valence-corrected chi connectivity index (χ3v) is 13.4. The highest BCUT2D eigenvalue weighted by atomic mass is 79.9. The fourth-order valence-electron chi connectivity index (χ4n) is 8.68. The highest BCUT2D eigenvalue weighted by Crippen LogP contribution is 2.37. The maximum absolute atomic E-state index is 13.2. The smallest absolute Gasteiger partial charge is 0.341 e. The molecule has 9 aromatic rings. The number of phenols is 1. The van der Waals surface area contributed by atoms with Gasteiger partial charge in [0.2, 0.25) is 0 Å². The van der Waals surface area contributed by atoms with Crippen LogP contribution in [0.1, 0.15) is 75.6 Å². The molecule has 0 fully saturated rings. The van der Waals surface area contributed by atoms with Crippen molar-refractivity contribution in [3.05, 3.63) is 223 Å². The second-order valence-electron chi connectivity index (χ2n) is 18.2. The minimum absolute atomic E-state index is 0.0664. The second-order valence-corrected chi connectivity index (χ2v) is 19.0. The molecule has 0 aliphatic carbocycles. The number of hydrogen-bond donors (Lipinski definition) is 1. The number of carbonyl (C=O) groups excluding carboxylic acids is 5. The summed E-state index contributed by atoms with van der Waals surface area (Å²) >= 11 is 3.48. The number of carbonyl (C=O) groups is 5. The quantitative estimate of drug-likeness (QED) is 0.0575. The largest absolute Gasteiger partial charge is 0.505 e. The first-order valence-corrected chi connectivity index (χ1v) is 26.0. The molecule has 9 rings (SSSR count). The van der Waals surface area contributed by atoms with E-state index in [1.165, 1.54) is 110 Å². The van der Waals surface area contributed by atoms with Crippen LogP contribution in [0.25, 0.3) is 44.9 Å². The lowest BCUT2D eigenvalue weighted by atomic mass is 9.99. The Labute approximate surface area is 488 Å². The van der Waals surface area contributed by atoms with Crippen molar-refractivity contribution in [1.82, 2.24) is 15.0 Å². The Balaban J connectivity index is 0.000000182. The predicted octanol–water partition coefficient (Wildman–Crippen LogP) is 12.1. The van der Waals surface area contributed by atoms with Gasteiger partial charge < -0.3 is 38.3 Å². The number of nitrogens with zero attached hydrogens (tertiary/aromatic N) is 3. The molecule has 0 saturated heterocycles. The molecule has 0 aliphatic heterocycles. The van der Waals surface area contributed by atoms with Gasteiger partial charge in [0, 0.05) is 51.4 Å². The molecule has 3 aromatic heterocycles. The molecule has 430 valence electrons. The summed E-state index contributed by atoms with van der Waals surface area (Å²) < 4.78 is 74.5. The summed E-state index contributed by atoms with van der Waals surface area (Å²) in [5.41, 5.74) is 8.13. The van der Waals surface area contributed by atoms with E-state index >= 15 is 0 Å². The van der Waals surface area contributed by atoms with Crippen LogP contribution < -0.4 is 9.47 Å².